The molecule has 0 aliphatic rings. The van der Waals surface area contributed by atoms with Gasteiger partial charge in [0.2, 0.25) is 15.9 Å². The standard InChI is InChI=1S/C19H23N3O4S/c1-12-9-13(2)18(14(3)10-12)22(27(4,25)26)11-17(23)21-16-8-6-5-7-15(16)19(20)24/h5-10H,11H2,1-4H3,(H2,20,24)(H,21,23). The van der Waals surface area contributed by atoms with Crippen LogP contribution in [0.4, 0.5) is 11.4 Å². The second kappa shape index (κ2) is 7.79. The molecule has 0 unspecified atom stereocenters. The number of amides is 2. The number of rotatable bonds is 6. The van der Waals surface area contributed by atoms with Gasteiger partial charge in [-0.1, -0.05) is 29.8 Å². The van der Waals surface area contributed by atoms with Crippen molar-refractivity contribution in [2.75, 3.05) is 22.4 Å². The Balaban J connectivity index is 2.37. The van der Waals surface area contributed by atoms with Crippen LogP contribution in [0, 0.1) is 20.8 Å². The van der Waals surface area contributed by atoms with Crippen molar-refractivity contribution in [3.05, 3.63) is 58.7 Å². The van der Waals surface area contributed by atoms with Crippen molar-refractivity contribution >= 4 is 33.2 Å². The van der Waals surface area contributed by atoms with Crippen LogP contribution in [0.15, 0.2) is 36.4 Å². The molecule has 0 bridgehead atoms. The van der Waals surface area contributed by atoms with Gasteiger partial charge in [-0.2, -0.15) is 0 Å². The van der Waals surface area contributed by atoms with Gasteiger partial charge in [0.25, 0.3) is 5.91 Å². The molecule has 8 heteroatoms. The molecule has 0 spiro atoms. The number of nitrogens with two attached hydrogens (primary N) is 1. The number of para-hydroxylation sites is 1. The van der Waals surface area contributed by atoms with Gasteiger partial charge in [-0.15, -0.1) is 0 Å². The summed E-state index contributed by atoms with van der Waals surface area (Å²) in [6, 6.07) is 10.0. The Morgan fingerprint density at radius 3 is 2.15 bits per heavy atom. The van der Waals surface area contributed by atoms with Crippen LogP contribution in [0.1, 0.15) is 27.0 Å². The fraction of sp³-hybridized carbons (Fsp3) is 0.263. The molecule has 2 aromatic carbocycles. The molecule has 0 saturated carbocycles. The quantitative estimate of drug-likeness (QED) is 0.788. The summed E-state index contributed by atoms with van der Waals surface area (Å²) in [6.07, 6.45) is 1.05. The second-order valence-corrected chi connectivity index (χ2v) is 8.38. The number of nitrogens with zero attached hydrogens (tertiary/aromatic N) is 1. The molecule has 0 saturated heterocycles. The van der Waals surface area contributed by atoms with Crippen molar-refractivity contribution in [2.45, 2.75) is 20.8 Å². The van der Waals surface area contributed by atoms with Gasteiger partial charge >= 0.3 is 0 Å². The van der Waals surface area contributed by atoms with E-state index < -0.39 is 28.4 Å². The van der Waals surface area contributed by atoms with E-state index >= 15 is 0 Å². The lowest BCUT2D eigenvalue weighted by Gasteiger charge is -2.26. The van der Waals surface area contributed by atoms with Crippen LogP contribution in [0.25, 0.3) is 0 Å². The summed E-state index contributed by atoms with van der Waals surface area (Å²) >= 11 is 0. The average molecular weight is 389 g/mol. The predicted molar refractivity (Wildman–Crippen MR) is 106 cm³/mol. The highest BCUT2D eigenvalue weighted by Gasteiger charge is 2.24. The molecule has 0 fully saturated rings. The van der Waals surface area contributed by atoms with E-state index in [1.54, 1.807) is 26.0 Å². The summed E-state index contributed by atoms with van der Waals surface area (Å²) in [7, 11) is -3.71. The molecular weight excluding hydrogens is 366 g/mol. The smallest absolute Gasteiger partial charge is 0.250 e. The molecule has 2 amide bonds. The number of hydrogen-bond donors (Lipinski definition) is 2. The summed E-state index contributed by atoms with van der Waals surface area (Å²) < 4.78 is 25.8. The number of sulfonamides is 1. The summed E-state index contributed by atoms with van der Waals surface area (Å²) in [4.78, 5) is 24.0. The Hall–Kier alpha value is -2.87. The van der Waals surface area contributed by atoms with E-state index in [-0.39, 0.29) is 11.3 Å². The van der Waals surface area contributed by atoms with E-state index in [2.05, 4.69) is 5.32 Å². The molecule has 0 aliphatic heterocycles. The SMILES string of the molecule is Cc1cc(C)c(N(CC(=O)Nc2ccccc2C(N)=O)S(C)(=O)=O)c(C)c1. The summed E-state index contributed by atoms with van der Waals surface area (Å²) in [5.41, 5.74) is 8.68. The summed E-state index contributed by atoms with van der Waals surface area (Å²) in [5.74, 6) is -1.26. The van der Waals surface area contributed by atoms with Crippen molar-refractivity contribution in [3.63, 3.8) is 0 Å². The van der Waals surface area contributed by atoms with Crippen LogP contribution in [-0.4, -0.2) is 33.0 Å². The van der Waals surface area contributed by atoms with Gasteiger partial charge in [0.15, 0.2) is 0 Å². The van der Waals surface area contributed by atoms with Crippen molar-refractivity contribution in [1.29, 1.82) is 0 Å². The van der Waals surface area contributed by atoms with Gasteiger partial charge in [0, 0.05) is 0 Å². The topological polar surface area (TPSA) is 110 Å². The van der Waals surface area contributed by atoms with Crippen LogP contribution in [0.2, 0.25) is 0 Å². The molecule has 7 nitrogen and oxygen atoms in total. The zero-order chi connectivity index (χ0) is 20.4. The molecule has 0 aliphatic carbocycles. The van der Waals surface area contributed by atoms with E-state index in [1.807, 2.05) is 19.1 Å². The van der Waals surface area contributed by atoms with Gasteiger partial charge in [-0.3, -0.25) is 13.9 Å². The number of benzene rings is 2. The monoisotopic (exact) mass is 389 g/mol. The normalized spacial score (nSPS) is 11.1. The van der Waals surface area contributed by atoms with Gasteiger partial charge in [-0.25, -0.2) is 8.42 Å². The molecule has 0 atom stereocenters. The Kier molecular flexibility index (Phi) is 5.90. The van der Waals surface area contributed by atoms with Crippen LogP contribution >= 0.6 is 0 Å². The van der Waals surface area contributed by atoms with Crippen molar-refractivity contribution in [3.8, 4) is 0 Å². The van der Waals surface area contributed by atoms with Crippen LogP contribution in [0.5, 0.6) is 0 Å². The lowest BCUT2D eigenvalue weighted by Crippen LogP contribution is -2.38. The number of carbonyl (C=O) groups is 2. The fourth-order valence-corrected chi connectivity index (χ4v) is 4.03. The highest BCUT2D eigenvalue weighted by molar-refractivity contribution is 7.92. The Morgan fingerprint density at radius 1 is 1.07 bits per heavy atom. The highest BCUT2D eigenvalue weighted by Crippen LogP contribution is 2.28. The average Bonchev–Trinajstić information content (AvgIpc) is 2.52. The minimum absolute atomic E-state index is 0.152. The first-order valence-corrected chi connectivity index (χ1v) is 10.1. The molecule has 2 aromatic rings. The lowest BCUT2D eigenvalue weighted by atomic mass is 10.1. The maximum absolute atomic E-state index is 12.5. The zero-order valence-electron chi connectivity index (χ0n) is 15.7. The van der Waals surface area contributed by atoms with Gasteiger partial charge in [0.1, 0.15) is 6.54 Å². The Morgan fingerprint density at radius 2 is 1.63 bits per heavy atom. The maximum Gasteiger partial charge on any atom is 0.250 e. The van der Waals surface area contributed by atoms with Crippen molar-refractivity contribution < 1.29 is 18.0 Å². The first kappa shape index (κ1) is 20.4. The minimum atomic E-state index is -3.71. The third kappa shape index (κ3) is 4.85. The van der Waals surface area contributed by atoms with Crippen molar-refractivity contribution in [1.82, 2.24) is 0 Å². The third-order valence-corrected chi connectivity index (χ3v) is 5.15. The minimum Gasteiger partial charge on any atom is -0.366 e. The van der Waals surface area contributed by atoms with Gasteiger partial charge in [0.05, 0.1) is 23.2 Å². The molecule has 27 heavy (non-hydrogen) atoms. The molecule has 0 aromatic heterocycles. The summed E-state index contributed by atoms with van der Waals surface area (Å²) in [5, 5.41) is 2.57. The first-order valence-electron chi connectivity index (χ1n) is 8.25. The van der Waals surface area contributed by atoms with Crippen LogP contribution in [-0.2, 0) is 14.8 Å². The predicted octanol–water partition coefficient (Wildman–Crippen LogP) is 2.12. The first-order chi connectivity index (χ1) is 12.5. The lowest BCUT2D eigenvalue weighted by molar-refractivity contribution is -0.114. The van der Waals surface area contributed by atoms with Gasteiger partial charge < -0.3 is 11.1 Å². The molecule has 3 N–H and O–H groups in total. The molecule has 2 rings (SSSR count). The number of carbonyl (C=O) groups excluding carboxylic acids is 2. The van der Waals surface area contributed by atoms with Crippen LogP contribution in [0.3, 0.4) is 0 Å². The Labute approximate surface area is 159 Å². The van der Waals surface area contributed by atoms with E-state index in [0.717, 1.165) is 27.3 Å². The zero-order valence-corrected chi connectivity index (χ0v) is 16.6. The van der Waals surface area contributed by atoms with E-state index in [1.165, 1.54) is 12.1 Å². The Bertz CT molecular complexity index is 977. The molecule has 0 radical (unpaired) electrons. The molecule has 144 valence electrons. The van der Waals surface area contributed by atoms with E-state index in [0.29, 0.717) is 5.69 Å². The number of nitrogens with one attached hydrogen (secondary N) is 1. The number of hydrogen-bond acceptors (Lipinski definition) is 4. The third-order valence-electron chi connectivity index (χ3n) is 4.04. The highest BCUT2D eigenvalue weighted by atomic mass is 32.2. The number of aryl methyl sites for hydroxylation is 3. The largest absolute Gasteiger partial charge is 0.366 e. The van der Waals surface area contributed by atoms with E-state index in [9.17, 15) is 18.0 Å². The van der Waals surface area contributed by atoms with E-state index in [4.69, 9.17) is 5.73 Å². The number of anilines is 2. The number of primary amides is 1. The van der Waals surface area contributed by atoms with Crippen LogP contribution < -0.4 is 15.4 Å². The molecule has 0 heterocycles. The summed E-state index contributed by atoms with van der Waals surface area (Å²) in [6.45, 7) is 5.10. The molecular formula is C19H23N3O4S. The maximum atomic E-state index is 12.5. The fourth-order valence-electron chi connectivity index (χ4n) is 3.06. The second-order valence-electron chi connectivity index (χ2n) is 6.47. The van der Waals surface area contributed by atoms with Gasteiger partial charge in [-0.05, 0) is 44.0 Å². The van der Waals surface area contributed by atoms with Crippen molar-refractivity contribution in [2.24, 2.45) is 5.73 Å².